The van der Waals surface area contributed by atoms with Crippen LogP contribution in [0.3, 0.4) is 0 Å². The van der Waals surface area contributed by atoms with Crippen LogP contribution in [0.5, 0.6) is 0 Å². The normalized spacial score (nSPS) is 16.8. The minimum atomic E-state index is -1.04. The van der Waals surface area contributed by atoms with E-state index < -0.39 is 17.7 Å². The molecule has 0 spiro atoms. The lowest BCUT2D eigenvalue weighted by Gasteiger charge is -2.17. The molecule has 3 rings (SSSR count). The van der Waals surface area contributed by atoms with E-state index in [2.05, 4.69) is 10.6 Å². The van der Waals surface area contributed by atoms with Gasteiger partial charge in [0.15, 0.2) is 11.6 Å². The highest BCUT2D eigenvalue weighted by Gasteiger charge is 2.31. The number of hydrogen-bond acceptors (Lipinski definition) is 2. The van der Waals surface area contributed by atoms with Crippen molar-refractivity contribution in [2.45, 2.75) is 19.4 Å². The van der Waals surface area contributed by atoms with Crippen molar-refractivity contribution in [1.82, 2.24) is 5.32 Å². The molecule has 1 aliphatic heterocycles. The number of anilines is 2. The highest BCUT2D eigenvalue weighted by molar-refractivity contribution is 5.97. The molecule has 0 bridgehead atoms. The van der Waals surface area contributed by atoms with Crippen LogP contribution in [0.2, 0.25) is 0 Å². The number of aryl methyl sites for hydroxylation is 1. The predicted molar refractivity (Wildman–Crippen MR) is 90.4 cm³/mol. The van der Waals surface area contributed by atoms with Crippen LogP contribution >= 0.6 is 0 Å². The molecule has 25 heavy (non-hydrogen) atoms. The summed E-state index contributed by atoms with van der Waals surface area (Å²) < 4.78 is 26.0. The summed E-state index contributed by atoms with van der Waals surface area (Å²) in [4.78, 5) is 25.8. The second kappa shape index (κ2) is 6.88. The summed E-state index contributed by atoms with van der Waals surface area (Å²) >= 11 is 0. The topological polar surface area (TPSA) is 61.4 Å². The van der Waals surface area contributed by atoms with Gasteiger partial charge >= 0.3 is 6.03 Å². The minimum absolute atomic E-state index is 0.0815. The summed E-state index contributed by atoms with van der Waals surface area (Å²) in [6.45, 7) is 2.32. The molecule has 7 heteroatoms. The van der Waals surface area contributed by atoms with E-state index in [0.29, 0.717) is 6.54 Å². The van der Waals surface area contributed by atoms with Crippen molar-refractivity contribution >= 4 is 23.3 Å². The highest BCUT2D eigenvalue weighted by Crippen LogP contribution is 2.22. The van der Waals surface area contributed by atoms with Gasteiger partial charge < -0.3 is 15.5 Å². The number of carbonyl (C=O) groups excluding carboxylic acids is 2. The molecule has 130 valence electrons. The first-order valence-electron chi connectivity index (χ1n) is 7.82. The number of urea groups is 1. The summed E-state index contributed by atoms with van der Waals surface area (Å²) in [5.41, 5.74) is 2.01. The summed E-state index contributed by atoms with van der Waals surface area (Å²) in [5.74, 6) is -2.11. The first-order chi connectivity index (χ1) is 11.9. The van der Waals surface area contributed by atoms with Crippen LogP contribution in [0.4, 0.5) is 25.0 Å². The Labute approximate surface area is 143 Å². The van der Waals surface area contributed by atoms with E-state index in [9.17, 15) is 18.4 Å². The van der Waals surface area contributed by atoms with Crippen LogP contribution in [0.1, 0.15) is 12.0 Å². The first kappa shape index (κ1) is 16.9. The quantitative estimate of drug-likeness (QED) is 0.897. The Morgan fingerprint density at radius 2 is 1.84 bits per heavy atom. The fraction of sp³-hybridized carbons (Fsp3) is 0.222. The van der Waals surface area contributed by atoms with Gasteiger partial charge in [-0.2, -0.15) is 0 Å². The van der Waals surface area contributed by atoms with Crippen molar-refractivity contribution in [2.24, 2.45) is 0 Å². The molecule has 5 nitrogen and oxygen atoms in total. The number of nitrogens with one attached hydrogen (secondary N) is 2. The van der Waals surface area contributed by atoms with Crippen LogP contribution in [-0.2, 0) is 4.79 Å². The Morgan fingerprint density at radius 3 is 2.52 bits per heavy atom. The van der Waals surface area contributed by atoms with Crippen molar-refractivity contribution < 1.29 is 18.4 Å². The summed E-state index contributed by atoms with van der Waals surface area (Å²) in [6, 6.07) is 9.70. The zero-order chi connectivity index (χ0) is 18.0. The van der Waals surface area contributed by atoms with Crippen molar-refractivity contribution in [1.29, 1.82) is 0 Å². The van der Waals surface area contributed by atoms with E-state index in [-0.39, 0.29) is 24.1 Å². The number of nitrogens with zero attached hydrogens (tertiary/aromatic N) is 1. The van der Waals surface area contributed by atoms with E-state index >= 15 is 0 Å². The van der Waals surface area contributed by atoms with Gasteiger partial charge in [0.05, 0.1) is 6.04 Å². The molecule has 2 N–H and O–H groups in total. The lowest BCUT2D eigenvalue weighted by atomic mass is 10.2. The highest BCUT2D eigenvalue weighted by atomic mass is 19.2. The average Bonchev–Trinajstić information content (AvgIpc) is 2.92. The molecule has 0 aliphatic carbocycles. The smallest absolute Gasteiger partial charge is 0.319 e. The zero-order valence-electron chi connectivity index (χ0n) is 13.6. The standard InChI is InChI=1S/C18H17F2N3O2/c1-11-2-5-14(6-3-11)23-10-13(9-17(23)24)22-18(25)21-12-4-7-15(19)16(20)8-12/h2-8,13H,9-10H2,1H3,(H2,21,22,25)/t13-/m0/s1. The van der Waals surface area contributed by atoms with E-state index in [1.165, 1.54) is 6.07 Å². The van der Waals surface area contributed by atoms with E-state index in [4.69, 9.17) is 0 Å². The van der Waals surface area contributed by atoms with Crippen molar-refractivity contribution in [3.8, 4) is 0 Å². The van der Waals surface area contributed by atoms with E-state index in [0.717, 1.165) is 23.4 Å². The Morgan fingerprint density at radius 1 is 1.12 bits per heavy atom. The molecule has 0 saturated carbocycles. The summed E-state index contributed by atoms with van der Waals surface area (Å²) in [5, 5.41) is 5.10. The largest absolute Gasteiger partial charge is 0.333 e. The second-order valence-electron chi connectivity index (χ2n) is 5.97. The van der Waals surface area contributed by atoms with E-state index in [1.54, 1.807) is 4.90 Å². The molecule has 1 saturated heterocycles. The molecular formula is C18H17F2N3O2. The van der Waals surface area contributed by atoms with Gasteiger partial charge in [0.2, 0.25) is 5.91 Å². The van der Waals surface area contributed by atoms with Crippen molar-refractivity contribution in [3.63, 3.8) is 0 Å². The summed E-state index contributed by atoms with van der Waals surface area (Å²) in [7, 11) is 0. The van der Waals surface area contributed by atoms with Gasteiger partial charge in [-0.3, -0.25) is 4.79 Å². The van der Waals surface area contributed by atoms with Gasteiger partial charge in [0, 0.05) is 30.4 Å². The molecule has 2 aromatic rings. The van der Waals surface area contributed by atoms with Gasteiger partial charge in [-0.15, -0.1) is 0 Å². The number of amides is 3. The van der Waals surface area contributed by atoms with Gasteiger partial charge in [-0.25, -0.2) is 13.6 Å². The van der Waals surface area contributed by atoms with Crippen LogP contribution < -0.4 is 15.5 Å². The SMILES string of the molecule is Cc1ccc(N2C[C@@H](NC(=O)Nc3ccc(F)c(F)c3)CC2=O)cc1. The van der Waals surface area contributed by atoms with Crippen molar-refractivity contribution in [3.05, 3.63) is 59.7 Å². The maximum Gasteiger partial charge on any atom is 0.319 e. The third kappa shape index (κ3) is 3.93. The Bertz CT molecular complexity index is 808. The number of halogens is 2. The number of rotatable bonds is 3. The minimum Gasteiger partial charge on any atom is -0.333 e. The molecular weight excluding hydrogens is 328 g/mol. The third-order valence-electron chi connectivity index (χ3n) is 3.98. The number of carbonyl (C=O) groups is 2. The van der Waals surface area contributed by atoms with Gasteiger partial charge in [-0.1, -0.05) is 17.7 Å². The van der Waals surface area contributed by atoms with Crippen LogP contribution in [0.15, 0.2) is 42.5 Å². The summed E-state index contributed by atoms with van der Waals surface area (Å²) in [6.07, 6.45) is 0.180. The first-order valence-corrected chi connectivity index (χ1v) is 7.82. The molecule has 0 radical (unpaired) electrons. The van der Waals surface area contributed by atoms with Crippen LogP contribution in [-0.4, -0.2) is 24.5 Å². The number of hydrogen-bond donors (Lipinski definition) is 2. The molecule has 0 aromatic heterocycles. The molecule has 3 amide bonds. The zero-order valence-corrected chi connectivity index (χ0v) is 13.6. The Kier molecular flexibility index (Phi) is 4.65. The fourth-order valence-corrected chi connectivity index (χ4v) is 2.70. The molecule has 1 aliphatic rings. The lowest BCUT2D eigenvalue weighted by Crippen LogP contribution is -2.39. The Balaban J connectivity index is 1.60. The van der Waals surface area contributed by atoms with Crippen LogP contribution in [0, 0.1) is 18.6 Å². The Hall–Kier alpha value is -2.96. The van der Waals surface area contributed by atoms with Gasteiger partial charge in [0.1, 0.15) is 0 Å². The van der Waals surface area contributed by atoms with Crippen molar-refractivity contribution in [2.75, 3.05) is 16.8 Å². The number of benzene rings is 2. The monoisotopic (exact) mass is 345 g/mol. The molecule has 0 unspecified atom stereocenters. The molecule has 2 aromatic carbocycles. The van der Waals surface area contributed by atoms with Crippen LogP contribution in [0.25, 0.3) is 0 Å². The van der Waals surface area contributed by atoms with Gasteiger partial charge in [0.25, 0.3) is 0 Å². The van der Waals surface area contributed by atoms with Gasteiger partial charge in [-0.05, 0) is 31.2 Å². The molecule has 1 fully saturated rings. The average molecular weight is 345 g/mol. The third-order valence-corrected chi connectivity index (χ3v) is 3.98. The maximum atomic E-state index is 13.2. The predicted octanol–water partition coefficient (Wildman–Crippen LogP) is 3.20. The fourth-order valence-electron chi connectivity index (χ4n) is 2.70. The maximum absolute atomic E-state index is 13.2. The van der Waals surface area contributed by atoms with E-state index in [1.807, 2.05) is 31.2 Å². The lowest BCUT2D eigenvalue weighted by molar-refractivity contribution is -0.117. The molecule has 1 heterocycles. The molecule has 1 atom stereocenters. The second-order valence-corrected chi connectivity index (χ2v) is 5.97.